The summed E-state index contributed by atoms with van der Waals surface area (Å²) in [6, 6.07) is 4.74. The zero-order valence-corrected chi connectivity index (χ0v) is 12.8. The third kappa shape index (κ3) is 5.50. The molecule has 1 rings (SSSR count). The highest BCUT2D eigenvalue weighted by Crippen LogP contribution is 2.29. The Morgan fingerprint density at radius 3 is 2.00 bits per heavy atom. The Hall–Kier alpha value is -1.36. The van der Waals surface area contributed by atoms with Crippen LogP contribution in [0.25, 0.3) is 0 Å². The number of Topliss-reactive ketones (excluding diaryl/α,β-unsaturated/α-hetero) is 1. The van der Waals surface area contributed by atoms with E-state index in [4.69, 9.17) is 0 Å². The van der Waals surface area contributed by atoms with Gasteiger partial charge in [0.1, 0.15) is 0 Å². The number of carbonyl (C=O) groups excluding carboxylic acids is 1. The summed E-state index contributed by atoms with van der Waals surface area (Å²) >= 11 is 0. The number of rotatable bonds is 6. The van der Waals surface area contributed by atoms with Crippen molar-refractivity contribution in [1.29, 1.82) is 0 Å². The maximum absolute atomic E-state index is 12.5. The SMILES string of the molecule is CC(C)NC(Cc1ccc(C(F)(F)F)cc1)C(=O)C(C)C. The third-order valence-corrected chi connectivity index (χ3v) is 3.17. The minimum Gasteiger partial charge on any atom is -0.305 e. The van der Waals surface area contributed by atoms with E-state index >= 15 is 0 Å². The Morgan fingerprint density at radius 2 is 1.62 bits per heavy atom. The predicted octanol–water partition coefficient (Wildman–Crippen LogP) is 3.84. The fourth-order valence-corrected chi connectivity index (χ4v) is 2.11. The number of hydrogen-bond donors (Lipinski definition) is 1. The first-order valence-corrected chi connectivity index (χ1v) is 7.07. The summed E-state index contributed by atoms with van der Waals surface area (Å²) in [5, 5.41) is 3.18. The molecular formula is C16H22F3NO. The van der Waals surface area contributed by atoms with E-state index in [9.17, 15) is 18.0 Å². The Bertz CT molecular complexity index is 463. The normalized spacial score (nSPS) is 13.8. The lowest BCUT2D eigenvalue weighted by molar-refractivity contribution is -0.137. The molecule has 2 nitrogen and oxygen atoms in total. The van der Waals surface area contributed by atoms with Gasteiger partial charge in [-0.2, -0.15) is 13.2 Å². The van der Waals surface area contributed by atoms with Crippen LogP contribution in [-0.2, 0) is 17.4 Å². The zero-order chi connectivity index (χ0) is 16.2. The predicted molar refractivity (Wildman–Crippen MR) is 77.1 cm³/mol. The standard InChI is InChI=1S/C16H22F3NO/c1-10(2)15(21)14(20-11(3)4)9-12-5-7-13(8-6-12)16(17,18)19/h5-8,10-11,14,20H,9H2,1-4H3. The highest BCUT2D eigenvalue weighted by atomic mass is 19.4. The third-order valence-electron chi connectivity index (χ3n) is 3.17. The number of ketones is 1. The molecule has 0 radical (unpaired) electrons. The van der Waals surface area contributed by atoms with Crippen molar-refractivity contribution in [2.45, 2.75) is 52.4 Å². The smallest absolute Gasteiger partial charge is 0.305 e. The molecule has 0 aliphatic carbocycles. The number of nitrogens with one attached hydrogen (secondary N) is 1. The number of benzene rings is 1. The van der Waals surface area contributed by atoms with Gasteiger partial charge in [0, 0.05) is 12.0 Å². The van der Waals surface area contributed by atoms with Crippen molar-refractivity contribution in [3.8, 4) is 0 Å². The van der Waals surface area contributed by atoms with Crippen molar-refractivity contribution >= 4 is 5.78 Å². The summed E-state index contributed by atoms with van der Waals surface area (Å²) < 4.78 is 37.6. The first-order valence-electron chi connectivity index (χ1n) is 7.07. The van der Waals surface area contributed by atoms with Crippen molar-refractivity contribution in [2.24, 2.45) is 5.92 Å². The molecule has 0 saturated carbocycles. The van der Waals surface area contributed by atoms with Gasteiger partial charge in [0.15, 0.2) is 5.78 Å². The van der Waals surface area contributed by atoms with Gasteiger partial charge in [-0.1, -0.05) is 39.8 Å². The summed E-state index contributed by atoms with van der Waals surface area (Å²) in [7, 11) is 0. The molecule has 1 aromatic carbocycles. The van der Waals surface area contributed by atoms with Crippen LogP contribution < -0.4 is 5.32 Å². The number of halogens is 3. The molecule has 0 heterocycles. The molecule has 0 aromatic heterocycles. The molecule has 118 valence electrons. The second kappa shape index (κ2) is 7.07. The first-order chi connectivity index (χ1) is 9.61. The van der Waals surface area contributed by atoms with Gasteiger partial charge in [-0.15, -0.1) is 0 Å². The van der Waals surface area contributed by atoms with Crippen molar-refractivity contribution < 1.29 is 18.0 Å². The van der Waals surface area contributed by atoms with Crippen LogP contribution >= 0.6 is 0 Å². The molecule has 0 saturated heterocycles. The number of hydrogen-bond acceptors (Lipinski definition) is 2. The Labute approximate surface area is 123 Å². The first kappa shape index (κ1) is 17.7. The van der Waals surface area contributed by atoms with Crippen LogP contribution in [0.4, 0.5) is 13.2 Å². The van der Waals surface area contributed by atoms with Gasteiger partial charge in [-0.05, 0) is 24.1 Å². The molecule has 0 spiro atoms. The molecule has 0 aliphatic rings. The number of alkyl halides is 3. The number of carbonyl (C=O) groups is 1. The van der Waals surface area contributed by atoms with E-state index in [2.05, 4.69) is 5.32 Å². The van der Waals surface area contributed by atoms with Gasteiger partial charge >= 0.3 is 6.18 Å². The zero-order valence-electron chi connectivity index (χ0n) is 12.8. The fourth-order valence-electron chi connectivity index (χ4n) is 2.11. The summed E-state index contributed by atoms with van der Waals surface area (Å²) in [5.74, 6) is -0.0423. The van der Waals surface area contributed by atoms with Gasteiger partial charge in [0.25, 0.3) is 0 Å². The second-order valence-electron chi connectivity index (χ2n) is 5.83. The van der Waals surface area contributed by atoms with Crippen LogP contribution in [-0.4, -0.2) is 17.9 Å². The Morgan fingerprint density at radius 1 is 1.10 bits per heavy atom. The van der Waals surface area contributed by atoms with E-state index in [1.807, 2.05) is 27.7 Å². The average Bonchev–Trinajstić information content (AvgIpc) is 2.36. The molecule has 1 unspecified atom stereocenters. The monoisotopic (exact) mass is 301 g/mol. The largest absolute Gasteiger partial charge is 0.416 e. The van der Waals surface area contributed by atoms with Gasteiger partial charge < -0.3 is 5.32 Å². The summed E-state index contributed by atoms with van der Waals surface area (Å²) in [5.41, 5.74) is 0.0463. The van der Waals surface area contributed by atoms with E-state index in [0.717, 1.165) is 17.7 Å². The van der Waals surface area contributed by atoms with Crippen LogP contribution in [0.15, 0.2) is 24.3 Å². The molecule has 1 aromatic rings. The highest BCUT2D eigenvalue weighted by molar-refractivity contribution is 5.86. The van der Waals surface area contributed by atoms with Crippen LogP contribution in [0.5, 0.6) is 0 Å². The Balaban J connectivity index is 2.86. The van der Waals surface area contributed by atoms with E-state index in [0.29, 0.717) is 6.42 Å². The van der Waals surface area contributed by atoms with Crippen LogP contribution in [0, 0.1) is 5.92 Å². The average molecular weight is 301 g/mol. The molecule has 0 fully saturated rings. The molecular weight excluding hydrogens is 279 g/mol. The topological polar surface area (TPSA) is 29.1 Å². The van der Waals surface area contributed by atoms with E-state index in [-0.39, 0.29) is 23.8 Å². The molecule has 1 atom stereocenters. The summed E-state index contributed by atoms with van der Waals surface area (Å²) in [6.45, 7) is 7.52. The van der Waals surface area contributed by atoms with Gasteiger partial charge in [0.2, 0.25) is 0 Å². The van der Waals surface area contributed by atoms with Crippen molar-refractivity contribution in [3.05, 3.63) is 35.4 Å². The van der Waals surface area contributed by atoms with Crippen molar-refractivity contribution in [3.63, 3.8) is 0 Å². The molecule has 0 bridgehead atoms. The lowest BCUT2D eigenvalue weighted by Gasteiger charge is -2.22. The fraction of sp³-hybridized carbons (Fsp3) is 0.562. The minimum atomic E-state index is -4.33. The van der Waals surface area contributed by atoms with Crippen molar-refractivity contribution in [2.75, 3.05) is 0 Å². The van der Waals surface area contributed by atoms with Crippen LogP contribution in [0.2, 0.25) is 0 Å². The summed E-state index contributed by atoms with van der Waals surface area (Å²) in [4.78, 5) is 12.2. The Kier molecular flexibility index (Phi) is 5.96. The minimum absolute atomic E-state index is 0.0728. The molecule has 0 amide bonds. The molecule has 1 N–H and O–H groups in total. The molecule has 21 heavy (non-hydrogen) atoms. The lowest BCUT2D eigenvalue weighted by atomic mass is 9.94. The van der Waals surface area contributed by atoms with Gasteiger partial charge in [-0.3, -0.25) is 4.79 Å². The van der Waals surface area contributed by atoms with E-state index < -0.39 is 11.7 Å². The van der Waals surface area contributed by atoms with E-state index in [1.54, 1.807) is 0 Å². The second-order valence-corrected chi connectivity index (χ2v) is 5.83. The van der Waals surface area contributed by atoms with Gasteiger partial charge in [-0.25, -0.2) is 0 Å². The van der Waals surface area contributed by atoms with Crippen LogP contribution in [0.1, 0.15) is 38.8 Å². The lowest BCUT2D eigenvalue weighted by Crippen LogP contribution is -2.44. The molecule has 0 aliphatic heterocycles. The maximum Gasteiger partial charge on any atom is 0.416 e. The van der Waals surface area contributed by atoms with Gasteiger partial charge in [0.05, 0.1) is 11.6 Å². The maximum atomic E-state index is 12.5. The van der Waals surface area contributed by atoms with Crippen LogP contribution in [0.3, 0.4) is 0 Å². The van der Waals surface area contributed by atoms with E-state index in [1.165, 1.54) is 12.1 Å². The quantitative estimate of drug-likeness (QED) is 0.865. The van der Waals surface area contributed by atoms with Crippen molar-refractivity contribution in [1.82, 2.24) is 5.32 Å². The summed E-state index contributed by atoms with van der Waals surface area (Å²) in [6.07, 6.45) is -3.94. The highest BCUT2D eigenvalue weighted by Gasteiger charge is 2.30. The molecule has 5 heteroatoms.